The van der Waals surface area contributed by atoms with Crippen molar-refractivity contribution >= 4 is 42.1 Å². The van der Waals surface area contributed by atoms with Crippen LogP contribution < -0.4 is 4.90 Å². The molecule has 2 aromatic heterocycles. The largest absolute Gasteiger partial charge is 0.355 e. The standard InChI is InChI=1S/C20H21BClFN6O/c1-13-4-6-26-10-17(13)29(12-30)20-15(8-16(23)18(22)27-20)19(25-3)28-7-5-21(11-24)9-14(28)2/h4,6,8,10,12,14H,5,7,9H2,1-3H3. The van der Waals surface area contributed by atoms with E-state index in [9.17, 15) is 14.4 Å². The second kappa shape index (κ2) is 9.22. The van der Waals surface area contributed by atoms with Gasteiger partial charge in [0.2, 0.25) is 6.41 Å². The Kier molecular flexibility index (Phi) is 6.68. The number of pyridine rings is 2. The minimum absolute atomic E-state index is 0.0125. The molecule has 1 aliphatic heterocycles. The molecule has 3 heterocycles. The average molecular weight is 427 g/mol. The smallest absolute Gasteiger partial charge is 0.271 e. The van der Waals surface area contributed by atoms with Crippen molar-refractivity contribution in [3.8, 4) is 5.97 Å². The van der Waals surface area contributed by atoms with Crippen LogP contribution in [0.15, 0.2) is 29.5 Å². The van der Waals surface area contributed by atoms with Crippen molar-refractivity contribution in [3.05, 3.63) is 46.6 Å². The fourth-order valence-corrected chi connectivity index (χ4v) is 3.88. The van der Waals surface area contributed by atoms with Gasteiger partial charge in [0.25, 0.3) is 6.71 Å². The van der Waals surface area contributed by atoms with Crippen LogP contribution in [0.3, 0.4) is 0 Å². The van der Waals surface area contributed by atoms with Gasteiger partial charge in [-0.2, -0.15) is 0 Å². The van der Waals surface area contributed by atoms with Crippen molar-refractivity contribution < 1.29 is 9.18 Å². The van der Waals surface area contributed by atoms with Gasteiger partial charge < -0.3 is 4.90 Å². The van der Waals surface area contributed by atoms with E-state index in [0.29, 0.717) is 42.7 Å². The molecule has 10 heteroatoms. The molecule has 1 saturated heterocycles. The summed E-state index contributed by atoms with van der Waals surface area (Å²) in [7, 11) is 1.61. The lowest BCUT2D eigenvalue weighted by Gasteiger charge is -2.37. The predicted octanol–water partition coefficient (Wildman–Crippen LogP) is 3.51. The maximum Gasteiger partial charge on any atom is 0.271 e. The number of carbonyl (C=O) groups excluding carboxylic acids is 1. The summed E-state index contributed by atoms with van der Waals surface area (Å²) in [6.07, 6.45) is 5.11. The van der Waals surface area contributed by atoms with Crippen LogP contribution in [-0.4, -0.2) is 53.5 Å². The van der Waals surface area contributed by atoms with Crippen molar-refractivity contribution in [1.29, 1.82) is 5.26 Å². The molecule has 0 aromatic carbocycles. The fourth-order valence-electron chi connectivity index (χ4n) is 3.74. The van der Waals surface area contributed by atoms with Gasteiger partial charge in [-0.05, 0) is 44.2 Å². The number of aryl methyl sites for hydroxylation is 1. The van der Waals surface area contributed by atoms with E-state index in [4.69, 9.17) is 11.6 Å². The Morgan fingerprint density at radius 1 is 1.57 bits per heavy atom. The van der Waals surface area contributed by atoms with E-state index in [1.54, 1.807) is 19.3 Å². The Morgan fingerprint density at radius 2 is 2.33 bits per heavy atom. The average Bonchev–Trinajstić information content (AvgIpc) is 2.74. The van der Waals surface area contributed by atoms with E-state index < -0.39 is 5.82 Å². The van der Waals surface area contributed by atoms with Crippen molar-refractivity contribution in [1.82, 2.24) is 14.9 Å². The predicted molar refractivity (Wildman–Crippen MR) is 116 cm³/mol. The maximum atomic E-state index is 14.5. The van der Waals surface area contributed by atoms with E-state index in [1.807, 2.05) is 18.7 Å². The highest BCUT2D eigenvalue weighted by Gasteiger charge is 2.33. The Hall–Kier alpha value is -2.99. The van der Waals surface area contributed by atoms with Crippen molar-refractivity contribution in [3.63, 3.8) is 0 Å². The lowest BCUT2D eigenvalue weighted by molar-refractivity contribution is -0.106. The first-order valence-corrected chi connectivity index (χ1v) is 9.93. The number of rotatable bonds is 4. The molecule has 0 N–H and O–H groups in total. The number of nitrogens with zero attached hydrogens (tertiary/aromatic N) is 6. The lowest BCUT2D eigenvalue weighted by Crippen LogP contribution is -2.47. The van der Waals surface area contributed by atoms with Gasteiger partial charge in [0.05, 0.1) is 17.4 Å². The van der Waals surface area contributed by atoms with Crippen LogP contribution in [0.1, 0.15) is 18.1 Å². The van der Waals surface area contributed by atoms with Gasteiger partial charge in [-0.3, -0.25) is 19.7 Å². The number of hydrogen-bond acceptors (Lipinski definition) is 5. The molecule has 3 rings (SSSR count). The summed E-state index contributed by atoms with van der Waals surface area (Å²) in [6.45, 7) is 4.39. The van der Waals surface area contributed by atoms with Gasteiger partial charge >= 0.3 is 0 Å². The second-order valence-corrected chi connectivity index (χ2v) is 7.57. The topological polar surface area (TPSA) is 85.5 Å². The van der Waals surface area contributed by atoms with Crippen LogP contribution in [0.25, 0.3) is 0 Å². The second-order valence-electron chi connectivity index (χ2n) is 7.21. The molecular formula is C20H21BClFN6O. The number of amides is 1. The molecule has 1 atom stereocenters. The van der Waals surface area contributed by atoms with E-state index in [2.05, 4.69) is 20.9 Å². The summed E-state index contributed by atoms with van der Waals surface area (Å²) in [5, 5.41) is 8.91. The first-order chi connectivity index (χ1) is 14.4. The Morgan fingerprint density at radius 3 is 2.93 bits per heavy atom. The maximum absolute atomic E-state index is 14.5. The number of amidine groups is 1. The van der Waals surface area contributed by atoms with E-state index in [-0.39, 0.29) is 23.7 Å². The van der Waals surface area contributed by atoms with Crippen LogP contribution in [0.2, 0.25) is 17.8 Å². The van der Waals surface area contributed by atoms with Gasteiger partial charge in [-0.1, -0.05) is 11.6 Å². The zero-order valence-corrected chi connectivity index (χ0v) is 17.8. The molecule has 1 unspecified atom stereocenters. The normalized spacial score (nSPS) is 16.9. The zero-order chi connectivity index (χ0) is 21.8. The number of aromatic nitrogens is 2. The summed E-state index contributed by atoms with van der Waals surface area (Å²) in [4.78, 5) is 28.0. The molecule has 2 aromatic rings. The van der Waals surface area contributed by atoms with E-state index in [1.165, 1.54) is 17.2 Å². The van der Waals surface area contributed by atoms with Crippen molar-refractivity contribution in [2.75, 3.05) is 18.5 Å². The van der Waals surface area contributed by atoms with Crippen molar-refractivity contribution in [2.24, 2.45) is 4.99 Å². The number of carbonyl (C=O) groups is 1. The molecule has 7 nitrogen and oxygen atoms in total. The summed E-state index contributed by atoms with van der Waals surface area (Å²) < 4.78 is 14.5. The molecule has 0 aliphatic carbocycles. The lowest BCUT2D eigenvalue weighted by atomic mass is 9.43. The minimum atomic E-state index is -0.704. The molecule has 0 saturated carbocycles. The van der Waals surface area contributed by atoms with Crippen LogP contribution in [0.4, 0.5) is 15.9 Å². The number of aliphatic imine (C=N–C) groups is 1. The third-order valence-corrected chi connectivity index (χ3v) is 5.57. The van der Waals surface area contributed by atoms with Gasteiger partial charge in [-0.25, -0.2) is 14.6 Å². The summed E-state index contributed by atoms with van der Waals surface area (Å²) >= 11 is 5.98. The van der Waals surface area contributed by atoms with Crippen LogP contribution >= 0.6 is 11.6 Å². The quantitative estimate of drug-likeness (QED) is 0.245. The summed E-state index contributed by atoms with van der Waals surface area (Å²) in [6, 6.07) is 3.02. The van der Waals surface area contributed by atoms with Gasteiger partial charge in [-0.15, -0.1) is 0 Å². The number of halogens is 2. The van der Waals surface area contributed by atoms with Gasteiger partial charge in [0.15, 0.2) is 16.8 Å². The van der Waals surface area contributed by atoms with Gasteiger partial charge in [0.1, 0.15) is 5.84 Å². The Labute approximate surface area is 180 Å². The van der Waals surface area contributed by atoms with E-state index in [0.717, 1.165) is 5.56 Å². The van der Waals surface area contributed by atoms with Gasteiger partial charge in [0, 0.05) is 31.8 Å². The molecule has 1 amide bonds. The zero-order valence-electron chi connectivity index (χ0n) is 17.0. The molecular weight excluding hydrogens is 406 g/mol. The summed E-state index contributed by atoms with van der Waals surface area (Å²) in [5.41, 5.74) is 1.65. The third-order valence-electron chi connectivity index (χ3n) is 5.30. The fraction of sp³-hybridized carbons (Fsp3) is 0.350. The monoisotopic (exact) mass is 426 g/mol. The molecule has 0 radical (unpaired) electrons. The molecule has 154 valence electrons. The first kappa shape index (κ1) is 21.7. The van der Waals surface area contributed by atoms with Crippen LogP contribution in [0.5, 0.6) is 0 Å². The number of nitriles is 1. The summed E-state index contributed by atoms with van der Waals surface area (Å²) in [5.74, 6) is 2.27. The van der Waals surface area contributed by atoms with Crippen LogP contribution in [-0.2, 0) is 4.79 Å². The highest BCUT2D eigenvalue weighted by molar-refractivity contribution is 6.67. The Balaban J connectivity index is 2.13. The first-order valence-electron chi connectivity index (χ1n) is 9.55. The highest BCUT2D eigenvalue weighted by Crippen LogP contribution is 2.32. The molecule has 1 aliphatic rings. The third kappa shape index (κ3) is 4.14. The van der Waals surface area contributed by atoms with Crippen molar-refractivity contribution in [2.45, 2.75) is 32.5 Å². The minimum Gasteiger partial charge on any atom is -0.355 e. The van der Waals surface area contributed by atoms with E-state index >= 15 is 0 Å². The van der Waals surface area contributed by atoms with Crippen LogP contribution in [0, 0.1) is 24.0 Å². The number of hydrogen-bond donors (Lipinski definition) is 0. The highest BCUT2D eigenvalue weighted by atomic mass is 35.5. The SMILES string of the molecule is CN=C(c1cc(F)c(Cl)nc1N(C=O)c1cnccc1C)N1CCB(C#N)CC1C. The Bertz CT molecular complexity index is 1030. The number of anilines is 2. The molecule has 1 fully saturated rings. The molecule has 30 heavy (non-hydrogen) atoms. The molecule has 0 spiro atoms. The molecule has 0 bridgehead atoms.